The van der Waals surface area contributed by atoms with Crippen LogP contribution in [0.1, 0.15) is 12.5 Å². The van der Waals surface area contributed by atoms with Crippen LogP contribution in [0.25, 0.3) is 17.1 Å². The van der Waals surface area contributed by atoms with Gasteiger partial charge in [-0.2, -0.15) is 0 Å². The van der Waals surface area contributed by atoms with Crippen LogP contribution in [0.3, 0.4) is 0 Å². The van der Waals surface area contributed by atoms with E-state index in [1.807, 2.05) is 65.2 Å². The third kappa shape index (κ3) is 5.21. The first-order chi connectivity index (χ1) is 15.1. The van der Waals surface area contributed by atoms with Gasteiger partial charge in [-0.1, -0.05) is 46.7 Å². The molecule has 2 aromatic carbocycles. The fourth-order valence-electron chi connectivity index (χ4n) is 3.03. The number of nitrogens with one attached hydrogen (secondary N) is 1. The minimum atomic E-state index is -0.0925. The maximum Gasteiger partial charge on any atom is 0.234 e. The van der Waals surface area contributed by atoms with Gasteiger partial charge < -0.3 is 5.32 Å². The van der Waals surface area contributed by atoms with Crippen LogP contribution in [-0.2, 0) is 11.2 Å². The van der Waals surface area contributed by atoms with E-state index in [9.17, 15) is 4.79 Å². The minimum absolute atomic E-state index is 0.0925. The zero-order valence-corrected chi connectivity index (χ0v) is 19.2. The molecule has 1 amide bonds. The van der Waals surface area contributed by atoms with E-state index < -0.39 is 0 Å². The Balaban J connectivity index is 1.55. The van der Waals surface area contributed by atoms with Crippen LogP contribution < -0.4 is 5.32 Å². The summed E-state index contributed by atoms with van der Waals surface area (Å²) >= 11 is 4.82. The number of benzene rings is 2. The van der Waals surface area contributed by atoms with Crippen molar-refractivity contribution < 1.29 is 4.79 Å². The summed E-state index contributed by atoms with van der Waals surface area (Å²) in [7, 11) is 0. The van der Waals surface area contributed by atoms with Crippen LogP contribution in [0.4, 0.5) is 5.69 Å². The molecule has 0 aliphatic rings. The summed E-state index contributed by atoms with van der Waals surface area (Å²) in [6.45, 7) is 2.10. The highest BCUT2D eigenvalue weighted by atomic mass is 79.9. The quantitative estimate of drug-likeness (QED) is 0.349. The van der Waals surface area contributed by atoms with E-state index in [1.165, 1.54) is 17.3 Å². The number of thioether (sulfide) groups is 1. The first-order valence-corrected chi connectivity index (χ1v) is 11.5. The molecule has 0 unspecified atom stereocenters. The first kappa shape index (κ1) is 21.3. The molecule has 0 saturated heterocycles. The molecule has 4 rings (SSSR count). The first-order valence-electron chi connectivity index (χ1n) is 9.77. The molecule has 0 spiro atoms. The lowest BCUT2D eigenvalue weighted by Crippen LogP contribution is -2.14. The van der Waals surface area contributed by atoms with Gasteiger partial charge in [-0.15, -0.1) is 10.2 Å². The smallest absolute Gasteiger partial charge is 0.234 e. The summed E-state index contributed by atoms with van der Waals surface area (Å²) in [5, 5.41) is 12.3. The topological polar surface area (TPSA) is 72.7 Å². The van der Waals surface area contributed by atoms with E-state index >= 15 is 0 Å². The Bertz CT molecular complexity index is 1160. The zero-order chi connectivity index (χ0) is 21.6. The second-order valence-corrected chi connectivity index (χ2v) is 8.60. The zero-order valence-electron chi connectivity index (χ0n) is 16.8. The Hall–Kier alpha value is -2.97. The monoisotopic (exact) mass is 493 g/mol. The van der Waals surface area contributed by atoms with E-state index in [4.69, 9.17) is 0 Å². The number of hydrogen-bond donors (Lipinski definition) is 1. The van der Waals surface area contributed by atoms with Crippen molar-refractivity contribution in [3.8, 4) is 17.1 Å². The highest BCUT2D eigenvalue weighted by Crippen LogP contribution is 2.28. The van der Waals surface area contributed by atoms with Gasteiger partial charge in [0.2, 0.25) is 5.91 Å². The number of carbonyl (C=O) groups is 1. The van der Waals surface area contributed by atoms with Crippen molar-refractivity contribution in [1.29, 1.82) is 0 Å². The Morgan fingerprint density at radius 3 is 2.39 bits per heavy atom. The molecule has 2 heterocycles. The molecule has 4 aromatic rings. The SMILES string of the molecule is CCc1ccc(NC(=O)CSc2nnc(-c3ccncc3)n2-c2ccc(Br)cc2)cc1. The number of amides is 1. The Kier molecular flexibility index (Phi) is 6.79. The van der Waals surface area contributed by atoms with E-state index in [-0.39, 0.29) is 11.7 Å². The molecule has 6 nitrogen and oxygen atoms in total. The van der Waals surface area contributed by atoms with Crippen molar-refractivity contribution >= 4 is 39.3 Å². The van der Waals surface area contributed by atoms with Gasteiger partial charge in [-0.3, -0.25) is 14.3 Å². The molecule has 0 aliphatic carbocycles. The van der Waals surface area contributed by atoms with Gasteiger partial charge in [0.1, 0.15) is 0 Å². The summed E-state index contributed by atoms with van der Waals surface area (Å²) in [5.74, 6) is 0.827. The average Bonchev–Trinajstić information content (AvgIpc) is 3.23. The normalized spacial score (nSPS) is 10.8. The molecule has 0 aliphatic heterocycles. The molecule has 0 radical (unpaired) electrons. The predicted molar refractivity (Wildman–Crippen MR) is 127 cm³/mol. The number of aromatic nitrogens is 4. The fourth-order valence-corrected chi connectivity index (χ4v) is 4.04. The summed E-state index contributed by atoms with van der Waals surface area (Å²) in [6.07, 6.45) is 4.41. The lowest BCUT2D eigenvalue weighted by atomic mass is 10.1. The summed E-state index contributed by atoms with van der Waals surface area (Å²) in [5.41, 5.74) is 3.84. The van der Waals surface area contributed by atoms with Crippen molar-refractivity contribution in [2.24, 2.45) is 0 Å². The van der Waals surface area contributed by atoms with Gasteiger partial charge in [0.15, 0.2) is 11.0 Å². The summed E-state index contributed by atoms with van der Waals surface area (Å²) in [6, 6.07) is 19.6. The van der Waals surface area contributed by atoms with Crippen molar-refractivity contribution in [3.63, 3.8) is 0 Å². The number of aryl methyl sites for hydroxylation is 1. The van der Waals surface area contributed by atoms with Crippen molar-refractivity contribution in [2.75, 3.05) is 11.1 Å². The van der Waals surface area contributed by atoms with Gasteiger partial charge in [-0.05, 0) is 60.5 Å². The van der Waals surface area contributed by atoms with Crippen molar-refractivity contribution in [3.05, 3.63) is 83.1 Å². The van der Waals surface area contributed by atoms with Crippen LogP contribution in [0.5, 0.6) is 0 Å². The number of halogens is 1. The Morgan fingerprint density at radius 1 is 1.00 bits per heavy atom. The molecule has 0 bridgehead atoms. The summed E-state index contributed by atoms with van der Waals surface area (Å²) in [4.78, 5) is 16.6. The highest BCUT2D eigenvalue weighted by molar-refractivity contribution is 9.10. The number of hydrogen-bond acceptors (Lipinski definition) is 5. The molecular weight excluding hydrogens is 474 g/mol. The van der Waals surface area contributed by atoms with Crippen LogP contribution in [0, 0.1) is 0 Å². The average molecular weight is 494 g/mol. The number of carbonyl (C=O) groups excluding carboxylic acids is 1. The van der Waals surface area contributed by atoms with Gasteiger partial charge in [0, 0.05) is 33.8 Å². The second-order valence-electron chi connectivity index (χ2n) is 6.74. The molecule has 8 heteroatoms. The predicted octanol–water partition coefficient (Wildman–Crippen LogP) is 5.39. The molecular formula is C23H20BrN5OS. The number of anilines is 1. The minimum Gasteiger partial charge on any atom is -0.325 e. The lowest BCUT2D eigenvalue weighted by Gasteiger charge is -2.11. The van der Waals surface area contributed by atoms with E-state index in [1.54, 1.807) is 12.4 Å². The third-order valence-corrected chi connectivity index (χ3v) is 6.09. The maximum atomic E-state index is 12.5. The standard InChI is InChI=1S/C23H20BrN5OS/c1-2-16-3-7-19(8-4-16)26-21(30)15-31-23-28-27-22(17-11-13-25-14-12-17)29(23)20-9-5-18(24)6-10-20/h3-14H,2,15H2,1H3,(H,26,30). The fraction of sp³-hybridized carbons (Fsp3) is 0.130. The third-order valence-electron chi connectivity index (χ3n) is 4.64. The van der Waals surface area contributed by atoms with Crippen LogP contribution in [0.15, 0.2) is 82.7 Å². The maximum absolute atomic E-state index is 12.5. The van der Waals surface area contributed by atoms with Crippen molar-refractivity contribution in [2.45, 2.75) is 18.5 Å². The van der Waals surface area contributed by atoms with E-state index in [2.05, 4.69) is 43.4 Å². The number of nitrogens with zero attached hydrogens (tertiary/aromatic N) is 4. The molecule has 0 fully saturated rings. The Labute approximate surface area is 193 Å². The van der Waals surface area contributed by atoms with Crippen LogP contribution >= 0.6 is 27.7 Å². The number of rotatable bonds is 7. The van der Waals surface area contributed by atoms with E-state index in [0.29, 0.717) is 11.0 Å². The van der Waals surface area contributed by atoms with Gasteiger partial charge >= 0.3 is 0 Å². The largest absolute Gasteiger partial charge is 0.325 e. The second kappa shape index (κ2) is 9.89. The number of pyridine rings is 1. The van der Waals surface area contributed by atoms with Gasteiger partial charge in [-0.25, -0.2) is 0 Å². The molecule has 31 heavy (non-hydrogen) atoms. The lowest BCUT2D eigenvalue weighted by molar-refractivity contribution is -0.113. The molecule has 2 aromatic heterocycles. The Morgan fingerprint density at radius 2 is 1.71 bits per heavy atom. The van der Waals surface area contributed by atoms with E-state index in [0.717, 1.165) is 27.8 Å². The van der Waals surface area contributed by atoms with Gasteiger partial charge in [0.05, 0.1) is 5.75 Å². The van der Waals surface area contributed by atoms with Crippen LogP contribution in [-0.4, -0.2) is 31.4 Å². The van der Waals surface area contributed by atoms with Crippen molar-refractivity contribution in [1.82, 2.24) is 19.7 Å². The molecule has 0 atom stereocenters. The molecule has 0 saturated carbocycles. The molecule has 156 valence electrons. The van der Waals surface area contributed by atoms with Crippen LogP contribution in [0.2, 0.25) is 0 Å². The van der Waals surface area contributed by atoms with Gasteiger partial charge in [0.25, 0.3) is 0 Å². The molecule has 1 N–H and O–H groups in total. The summed E-state index contributed by atoms with van der Waals surface area (Å²) < 4.78 is 2.94. The highest BCUT2D eigenvalue weighted by Gasteiger charge is 2.17.